The fraction of sp³-hybridized carbons (Fsp3) is 0.600. The molecular weight excluding hydrogens is 210 g/mol. The average molecular weight is 225 g/mol. The number of rotatable bonds is 3. The van der Waals surface area contributed by atoms with Crippen LogP contribution in [0.3, 0.4) is 0 Å². The van der Waals surface area contributed by atoms with E-state index in [0.29, 0.717) is 11.9 Å². The minimum Gasteiger partial charge on any atom is -0.384 e. The van der Waals surface area contributed by atoms with E-state index >= 15 is 0 Å². The second-order valence-corrected chi connectivity index (χ2v) is 4.66. The van der Waals surface area contributed by atoms with Gasteiger partial charge in [-0.25, -0.2) is 9.97 Å². The SMILES string of the molecule is Cc1nc(N)cc(SCC2CCCO2)n1. The Kier molecular flexibility index (Phi) is 3.43. The van der Waals surface area contributed by atoms with Crippen molar-refractivity contribution in [3.8, 4) is 0 Å². The highest BCUT2D eigenvalue weighted by molar-refractivity contribution is 7.99. The zero-order chi connectivity index (χ0) is 10.7. The van der Waals surface area contributed by atoms with Crippen LogP contribution in [0.5, 0.6) is 0 Å². The Morgan fingerprint density at radius 1 is 1.60 bits per heavy atom. The Balaban J connectivity index is 1.92. The molecule has 0 aliphatic carbocycles. The van der Waals surface area contributed by atoms with Gasteiger partial charge >= 0.3 is 0 Å². The van der Waals surface area contributed by atoms with E-state index in [-0.39, 0.29) is 0 Å². The van der Waals surface area contributed by atoms with Gasteiger partial charge in [0.05, 0.1) is 6.10 Å². The fourth-order valence-corrected chi connectivity index (χ4v) is 2.61. The first-order chi connectivity index (χ1) is 7.24. The molecule has 1 unspecified atom stereocenters. The summed E-state index contributed by atoms with van der Waals surface area (Å²) in [6.45, 7) is 2.75. The van der Waals surface area contributed by atoms with Crippen LogP contribution in [0.2, 0.25) is 0 Å². The number of thioether (sulfide) groups is 1. The third kappa shape index (κ3) is 3.07. The summed E-state index contributed by atoms with van der Waals surface area (Å²) in [6.07, 6.45) is 2.72. The van der Waals surface area contributed by atoms with E-state index < -0.39 is 0 Å². The molecule has 5 heteroatoms. The van der Waals surface area contributed by atoms with Gasteiger partial charge in [0.1, 0.15) is 16.7 Å². The first-order valence-electron chi connectivity index (χ1n) is 5.09. The monoisotopic (exact) mass is 225 g/mol. The summed E-state index contributed by atoms with van der Waals surface area (Å²) in [5.74, 6) is 2.22. The molecule has 15 heavy (non-hydrogen) atoms. The van der Waals surface area contributed by atoms with Gasteiger partial charge in [-0.15, -0.1) is 11.8 Å². The van der Waals surface area contributed by atoms with Crippen LogP contribution < -0.4 is 5.73 Å². The molecule has 82 valence electrons. The maximum Gasteiger partial charge on any atom is 0.128 e. The van der Waals surface area contributed by atoms with Crippen LogP contribution in [0.4, 0.5) is 5.82 Å². The van der Waals surface area contributed by atoms with E-state index in [1.165, 1.54) is 6.42 Å². The van der Waals surface area contributed by atoms with Gasteiger partial charge < -0.3 is 10.5 Å². The van der Waals surface area contributed by atoms with E-state index in [1.54, 1.807) is 11.8 Å². The topological polar surface area (TPSA) is 61.0 Å². The summed E-state index contributed by atoms with van der Waals surface area (Å²) in [5, 5.41) is 0.940. The molecule has 4 nitrogen and oxygen atoms in total. The number of aryl methyl sites for hydroxylation is 1. The van der Waals surface area contributed by atoms with Crippen molar-refractivity contribution in [3.05, 3.63) is 11.9 Å². The van der Waals surface area contributed by atoms with Gasteiger partial charge in [-0.1, -0.05) is 0 Å². The summed E-state index contributed by atoms with van der Waals surface area (Å²) < 4.78 is 5.54. The van der Waals surface area contributed by atoms with Crippen LogP contribution in [0.1, 0.15) is 18.7 Å². The smallest absolute Gasteiger partial charge is 0.128 e. The van der Waals surface area contributed by atoms with Crippen LogP contribution in [0.15, 0.2) is 11.1 Å². The molecule has 1 fully saturated rings. The van der Waals surface area contributed by atoms with Crippen molar-refractivity contribution in [2.24, 2.45) is 0 Å². The first-order valence-corrected chi connectivity index (χ1v) is 6.08. The average Bonchev–Trinajstić information content (AvgIpc) is 2.65. The third-order valence-electron chi connectivity index (χ3n) is 2.28. The second-order valence-electron chi connectivity index (χ2n) is 3.62. The van der Waals surface area contributed by atoms with E-state index in [4.69, 9.17) is 10.5 Å². The standard InChI is InChI=1S/C10H15N3OS/c1-7-12-9(11)5-10(13-7)15-6-8-3-2-4-14-8/h5,8H,2-4,6H2,1H3,(H2,11,12,13). The zero-order valence-corrected chi connectivity index (χ0v) is 9.59. The number of aromatic nitrogens is 2. The van der Waals surface area contributed by atoms with Crippen molar-refractivity contribution in [1.82, 2.24) is 9.97 Å². The molecule has 1 atom stereocenters. The highest BCUT2D eigenvalue weighted by atomic mass is 32.2. The van der Waals surface area contributed by atoms with Gasteiger partial charge in [0.2, 0.25) is 0 Å². The number of nitrogens with zero attached hydrogens (tertiary/aromatic N) is 2. The molecule has 0 saturated carbocycles. The Morgan fingerprint density at radius 3 is 3.13 bits per heavy atom. The highest BCUT2D eigenvalue weighted by Crippen LogP contribution is 2.23. The number of hydrogen-bond acceptors (Lipinski definition) is 5. The summed E-state index contributed by atoms with van der Waals surface area (Å²) in [5.41, 5.74) is 5.65. The molecule has 0 spiro atoms. The van der Waals surface area contributed by atoms with E-state index in [9.17, 15) is 0 Å². The van der Waals surface area contributed by atoms with Crippen molar-refractivity contribution < 1.29 is 4.74 Å². The van der Waals surface area contributed by atoms with Gasteiger partial charge in [0, 0.05) is 18.4 Å². The lowest BCUT2D eigenvalue weighted by atomic mass is 10.3. The van der Waals surface area contributed by atoms with Crippen molar-refractivity contribution in [2.75, 3.05) is 18.1 Å². The predicted molar refractivity (Wildman–Crippen MR) is 60.9 cm³/mol. The van der Waals surface area contributed by atoms with Gasteiger partial charge in [0.25, 0.3) is 0 Å². The van der Waals surface area contributed by atoms with Crippen molar-refractivity contribution in [1.29, 1.82) is 0 Å². The second kappa shape index (κ2) is 4.81. The lowest BCUT2D eigenvalue weighted by molar-refractivity contribution is 0.129. The fourth-order valence-electron chi connectivity index (χ4n) is 1.59. The number of nitrogens with two attached hydrogens (primary N) is 1. The Hall–Kier alpha value is -0.810. The van der Waals surface area contributed by atoms with E-state index in [0.717, 1.165) is 29.6 Å². The van der Waals surface area contributed by atoms with Crippen molar-refractivity contribution in [3.63, 3.8) is 0 Å². The first kappa shape index (κ1) is 10.7. The molecule has 0 amide bonds. The third-order valence-corrected chi connectivity index (χ3v) is 3.32. The predicted octanol–water partition coefficient (Wildman–Crippen LogP) is 1.64. The van der Waals surface area contributed by atoms with Crippen LogP contribution in [0, 0.1) is 6.92 Å². The zero-order valence-electron chi connectivity index (χ0n) is 8.77. The van der Waals surface area contributed by atoms with E-state index in [1.807, 2.05) is 13.0 Å². The number of hydrogen-bond donors (Lipinski definition) is 1. The van der Waals surface area contributed by atoms with Crippen LogP contribution >= 0.6 is 11.8 Å². The summed E-state index contributed by atoms with van der Waals surface area (Å²) in [6, 6.07) is 1.81. The van der Waals surface area contributed by atoms with Crippen LogP contribution in [-0.2, 0) is 4.74 Å². The minimum atomic E-state index is 0.381. The quantitative estimate of drug-likeness (QED) is 0.626. The summed E-state index contributed by atoms with van der Waals surface area (Å²) in [4.78, 5) is 8.35. The number of anilines is 1. The summed E-state index contributed by atoms with van der Waals surface area (Å²) in [7, 11) is 0. The molecule has 2 heterocycles. The molecule has 1 aromatic heterocycles. The maximum atomic E-state index is 5.65. The van der Waals surface area contributed by atoms with Gasteiger partial charge in [-0.2, -0.15) is 0 Å². The molecular formula is C10H15N3OS. The number of nitrogen functional groups attached to an aromatic ring is 1. The molecule has 1 saturated heterocycles. The van der Waals surface area contributed by atoms with Crippen LogP contribution in [-0.4, -0.2) is 28.4 Å². The molecule has 2 N–H and O–H groups in total. The molecule has 0 radical (unpaired) electrons. The molecule has 0 aromatic carbocycles. The minimum absolute atomic E-state index is 0.381. The Labute approximate surface area is 93.6 Å². The maximum absolute atomic E-state index is 5.65. The molecule has 1 aromatic rings. The largest absolute Gasteiger partial charge is 0.384 e. The highest BCUT2D eigenvalue weighted by Gasteiger charge is 2.15. The lowest BCUT2D eigenvalue weighted by Gasteiger charge is -2.08. The number of ether oxygens (including phenoxy) is 1. The van der Waals surface area contributed by atoms with Gasteiger partial charge in [-0.05, 0) is 19.8 Å². The molecule has 1 aliphatic heterocycles. The summed E-state index contributed by atoms with van der Waals surface area (Å²) >= 11 is 1.69. The van der Waals surface area contributed by atoms with Crippen molar-refractivity contribution in [2.45, 2.75) is 30.9 Å². The Bertz CT molecular complexity index is 319. The van der Waals surface area contributed by atoms with Crippen LogP contribution in [0.25, 0.3) is 0 Å². The van der Waals surface area contributed by atoms with Gasteiger partial charge in [-0.3, -0.25) is 0 Å². The Morgan fingerprint density at radius 2 is 2.47 bits per heavy atom. The van der Waals surface area contributed by atoms with Crippen molar-refractivity contribution >= 4 is 17.6 Å². The molecule has 0 bridgehead atoms. The molecule has 1 aliphatic rings. The lowest BCUT2D eigenvalue weighted by Crippen LogP contribution is -2.08. The van der Waals surface area contributed by atoms with E-state index in [2.05, 4.69) is 9.97 Å². The normalized spacial score (nSPS) is 20.7. The van der Waals surface area contributed by atoms with Gasteiger partial charge in [0.15, 0.2) is 0 Å². The molecule has 2 rings (SSSR count).